The average molecular weight is 878 g/mol. The van der Waals surface area contributed by atoms with Gasteiger partial charge in [-0.15, -0.1) is 0 Å². The highest BCUT2D eigenvalue weighted by molar-refractivity contribution is 6.32. The Bertz CT molecular complexity index is 3900. The van der Waals surface area contributed by atoms with Crippen LogP contribution >= 0.6 is 0 Å². The largest absolute Gasteiger partial charge is 0.310 e. The molecule has 3 aliphatic carbocycles. The lowest BCUT2D eigenvalue weighted by Gasteiger charge is -2.32. The Labute approximate surface area is 403 Å². The topological polar surface area (TPSA) is 3.24 Å². The van der Waals surface area contributed by atoms with Crippen LogP contribution in [0.15, 0.2) is 243 Å². The molecule has 0 unspecified atom stereocenters. The first-order chi connectivity index (χ1) is 34.2. The Morgan fingerprint density at radius 2 is 0.928 bits per heavy atom. The van der Waals surface area contributed by atoms with Crippen molar-refractivity contribution in [3.05, 3.63) is 276 Å². The van der Waals surface area contributed by atoms with Crippen molar-refractivity contribution in [1.29, 1.82) is 0 Å². The van der Waals surface area contributed by atoms with E-state index in [1.54, 1.807) is 0 Å². The van der Waals surface area contributed by atoms with Gasteiger partial charge in [0.1, 0.15) is 0 Å². The summed E-state index contributed by atoms with van der Waals surface area (Å²) in [6.07, 6.45) is 8.93. The molecule has 0 amide bonds. The molecule has 1 nitrogen and oxygen atoms in total. The summed E-state index contributed by atoms with van der Waals surface area (Å²) in [6.45, 7) is 2.20. The van der Waals surface area contributed by atoms with Crippen LogP contribution in [0.2, 0.25) is 0 Å². The number of rotatable bonds is 6. The molecular formula is C68H47N. The minimum atomic E-state index is -0.446. The van der Waals surface area contributed by atoms with Crippen molar-refractivity contribution < 1.29 is 0 Å². The van der Waals surface area contributed by atoms with Crippen molar-refractivity contribution in [3.63, 3.8) is 0 Å². The highest BCUT2D eigenvalue weighted by Crippen LogP contribution is 2.63. The van der Waals surface area contributed by atoms with Crippen molar-refractivity contribution in [2.45, 2.75) is 25.2 Å². The number of fused-ring (bicyclic) bond motifs is 16. The Balaban J connectivity index is 1.07. The average Bonchev–Trinajstić information content (AvgIpc) is 3.88. The SMILES string of the molecule is Cc1cccc(N(c2ccc3c(c2)C2(c4ccccc4-c4ccccc42)c2ccccc2-3)c2ccc3c(c2)c2ccccc2c2c(-c4ccccc4)cc(-c4ccccc4)c(C4=CC=CCC4)c32)c1. The van der Waals surface area contributed by atoms with Crippen LogP contribution in [0.4, 0.5) is 17.1 Å². The second kappa shape index (κ2) is 15.5. The molecule has 1 heteroatoms. The Morgan fingerprint density at radius 3 is 1.58 bits per heavy atom. The molecule has 0 saturated carbocycles. The molecule has 0 saturated heterocycles. The molecule has 11 aromatic carbocycles. The van der Waals surface area contributed by atoms with E-state index < -0.39 is 5.41 Å². The molecule has 0 atom stereocenters. The van der Waals surface area contributed by atoms with E-state index in [9.17, 15) is 0 Å². The molecule has 1 spiro atoms. The maximum absolute atomic E-state index is 2.51. The van der Waals surface area contributed by atoms with E-state index in [0.29, 0.717) is 0 Å². The second-order valence-electron chi connectivity index (χ2n) is 19.1. The predicted molar refractivity (Wildman–Crippen MR) is 292 cm³/mol. The quantitative estimate of drug-likeness (QED) is 0.150. The molecule has 14 rings (SSSR count). The fraction of sp³-hybridized carbons (Fsp3) is 0.0588. The molecule has 0 N–H and O–H groups in total. The Morgan fingerprint density at radius 1 is 0.377 bits per heavy atom. The zero-order valence-electron chi connectivity index (χ0n) is 38.5. The van der Waals surface area contributed by atoms with Crippen molar-refractivity contribution in [2.75, 3.05) is 4.90 Å². The summed E-state index contributed by atoms with van der Waals surface area (Å²) >= 11 is 0. The highest BCUT2D eigenvalue weighted by atomic mass is 15.1. The number of aryl methyl sites for hydroxylation is 1. The molecule has 0 fully saturated rings. The van der Waals surface area contributed by atoms with Crippen LogP contribution < -0.4 is 4.90 Å². The second-order valence-corrected chi connectivity index (χ2v) is 19.1. The van der Waals surface area contributed by atoms with Crippen molar-refractivity contribution in [2.24, 2.45) is 0 Å². The van der Waals surface area contributed by atoms with Crippen LogP contribution in [-0.2, 0) is 5.41 Å². The summed E-state index contributed by atoms with van der Waals surface area (Å²) in [5.74, 6) is 0. The third-order valence-corrected chi connectivity index (χ3v) is 15.3. The minimum Gasteiger partial charge on any atom is -0.310 e. The number of hydrogen-bond donors (Lipinski definition) is 0. The summed E-state index contributed by atoms with van der Waals surface area (Å²) in [5.41, 5.74) is 22.5. The fourth-order valence-corrected chi connectivity index (χ4v) is 12.6. The third kappa shape index (κ3) is 5.84. The van der Waals surface area contributed by atoms with E-state index in [1.165, 1.54) is 116 Å². The molecular weight excluding hydrogens is 831 g/mol. The molecule has 11 aromatic rings. The lowest BCUT2D eigenvalue weighted by atomic mass is 9.70. The van der Waals surface area contributed by atoms with Crippen LogP contribution in [0, 0.1) is 6.92 Å². The van der Waals surface area contributed by atoms with Gasteiger partial charge in [-0.3, -0.25) is 0 Å². The van der Waals surface area contributed by atoms with Gasteiger partial charge < -0.3 is 4.90 Å². The molecule has 0 heterocycles. The molecule has 0 aromatic heterocycles. The number of nitrogens with zero attached hydrogens (tertiary/aromatic N) is 1. The summed E-state index contributed by atoms with van der Waals surface area (Å²) in [6, 6.07) is 84.5. The highest BCUT2D eigenvalue weighted by Gasteiger charge is 2.51. The van der Waals surface area contributed by atoms with Crippen LogP contribution in [0.5, 0.6) is 0 Å². The van der Waals surface area contributed by atoms with E-state index in [4.69, 9.17) is 0 Å². The van der Waals surface area contributed by atoms with Gasteiger partial charge in [0.05, 0.1) is 5.41 Å². The maximum Gasteiger partial charge on any atom is 0.0726 e. The summed E-state index contributed by atoms with van der Waals surface area (Å²) in [4.78, 5) is 2.50. The number of anilines is 3. The van der Waals surface area contributed by atoms with Crippen molar-refractivity contribution >= 4 is 55.0 Å². The first-order valence-electron chi connectivity index (χ1n) is 24.4. The Kier molecular flexibility index (Phi) is 8.91. The fourth-order valence-electron chi connectivity index (χ4n) is 12.6. The monoisotopic (exact) mass is 877 g/mol. The molecule has 0 radical (unpaired) electrons. The van der Waals surface area contributed by atoms with E-state index in [2.05, 4.69) is 255 Å². The van der Waals surface area contributed by atoms with Gasteiger partial charge in [-0.2, -0.15) is 0 Å². The van der Waals surface area contributed by atoms with Gasteiger partial charge in [-0.1, -0.05) is 200 Å². The molecule has 3 aliphatic rings. The lowest BCUT2D eigenvalue weighted by molar-refractivity contribution is 0.793. The molecule has 69 heavy (non-hydrogen) atoms. The van der Waals surface area contributed by atoms with Crippen LogP contribution in [0.1, 0.15) is 46.2 Å². The molecule has 324 valence electrons. The Hall–Kier alpha value is -8.52. The number of hydrogen-bond acceptors (Lipinski definition) is 1. The maximum atomic E-state index is 2.51. The van der Waals surface area contributed by atoms with Crippen LogP contribution in [0.3, 0.4) is 0 Å². The standard InChI is InChI=1S/C68H47N/c1-44-20-19-27-48(40-44)69(50-36-38-55-54-31-15-18-35-63(54)68(64(55)42-50)61-33-16-13-29-52(61)53-30-14-17-34-62(53)68)49-37-39-57-60(41-49)51-28-11-12-32-56(51)66-59(46-23-7-3-8-24-46)43-58(45-21-5-2-6-22-45)65(67(57)66)47-25-9-4-10-26-47/h2-9,11-25,27-43H,10,26H2,1H3. The number of benzene rings is 11. The van der Waals surface area contributed by atoms with Gasteiger partial charge in [-0.25, -0.2) is 0 Å². The van der Waals surface area contributed by atoms with Crippen LogP contribution in [0.25, 0.3) is 82.4 Å². The zero-order valence-corrected chi connectivity index (χ0v) is 38.5. The lowest BCUT2D eigenvalue weighted by Crippen LogP contribution is -2.26. The number of allylic oxidation sites excluding steroid dienone is 4. The predicted octanol–water partition coefficient (Wildman–Crippen LogP) is 18.3. The van der Waals surface area contributed by atoms with Gasteiger partial charge in [0, 0.05) is 17.1 Å². The zero-order chi connectivity index (χ0) is 45.6. The molecule has 0 aliphatic heterocycles. The van der Waals surface area contributed by atoms with E-state index in [1.807, 2.05) is 0 Å². The van der Waals surface area contributed by atoms with Crippen LogP contribution in [-0.4, -0.2) is 0 Å². The summed E-state index contributed by atoms with van der Waals surface area (Å²) in [5, 5.41) is 7.64. The van der Waals surface area contributed by atoms with E-state index >= 15 is 0 Å². The summed E-state index contributed by atoms with van der Waals surface area (Å²) < 4.78 is 0. The van der Waals surface area contributed by atoms with Gasteiger partial charge in [-0.05, 0) is 178 Å². The van der Waals surface area contributed by atoms with E-state index in [0.717, 1.165) is 29.9 Å². The smallest absolute Gasteiger partial charge is 0.0726 e. The normalized spacial score (nSPS) is 13.9. The van der Waals surface area contributed by atoms with Crippen molar-refractivity contribution in [1.82, 2.24) is 0 Å². The third-order valence-electron chi connectivity index (χ3n) is 15.3. The minimum absolute atomic E-state index is 0.446. The van der Waals surface area contributed by atoms with E-state index in [-0.39, 0.29) is 0 Å². The van der Waals surface area contributed by atoms with Gasteiger partial charge in [0.2, 0.25) is 0 Å². The molecule has 0 bridgehead atoms. The van der Waals surface area contributed by atoms with Gasteiger partial charge in [0.25, 0.3) is 0 Å². The summed E-state index contributed by atoms with van der Waals surface area (Å²) in [7, 11) is 0. The van der Waals surface area contributed by atoms with Gasteiger partial charge in [0.15, 0.2) is 0 Å². The first-order valence-corrected chi connectivity index (χ1v) is 24.4. The van der Waals surface area contributed by atoms with Crippen molar-refractivity contribution in [3.8, 4) is 44.5 Å². The van der Waals surface area contributed by atoms with Gasteiger partial charge >= 0.3 is 0 Å². The first kappa shape index (κ1) is 39.6.